The van der Waals surface area contributed by atoms with Crippen LogP contribution >= 0.6 is 0 Å². The number of nitrogens with one attached hydrogen (secondary N) is 1. The van der Waals surface area contributed by atoms with Crippen molar-refractivity contribution in [2.45, 2.75) is 32.1 Å². The molecule has 1 aromatic rings. The molecule has 5 heteroatoms. The number of methoxy groups -OCH3 is 1. The van der Waals surface area contributed by atoms with Gasteiger partial charge in [-0.2, -0.15) is 0 Å². The number of anilines is 1. The summed E-state index contributed by atoms with van der Waals surface area (Å²) in [7, 11) is 1.36. The van der Waals surface area contributed by atoms with Crippen molar-refractivity contribution in [3.8, 4) is 0 Å². The number of aromatic nitrogens is 1. The second-order valence-electron chi connectivity index (χ2n) is 5.46. The Bertz CT molecular complexity index is 456. The van der Waals surface area contributed by atoms with Crippen LogP contribution < -0.4 is 5.32 Å². The van der Waals surface area contributed by atoms with Gasteiger partial charge in [0.15, 0.2) is 0 Å². The normalized spacial score (nSPS) is 17.5. The van der Waals surface area contributed by atoms with Gasteiger partial charge in [0.2, 0.25) is 0 Å². The van der Waals surface area contributed by atoms with E-state index in [9.17, 15) is 9.90 Å². The number of aliphatic hydroxyl groups excluding tert-OH is 1. The van der Waals surface area contributed by atoms with Crippen LogP contribution in [-0.4, -0.2) is 36.3 Å². The van der Waals surface area contributed by atoms with Gasteiger partial charge in [0.25, 0.3) is 0 Å². The summed E-state index contributed by atoms with van der Waals surface area (Å²) in [4.78, 5) is 15.9. The van der Waals surface area contributed by atoms with Crippen molar-refractivity contribution in [1.82, 2.24) is 4.98 Å². The van der Waals surface area contributed by atoms with Crippen molar-refractivity contribution in [1.29, 1.82) is 0 Å². The summed E-state index contributed by atoms with van der Waals surface area (Å²) in [6.45, 7) is 0.797. The van der Waals surface area contributed by atoms with Crippen LogP contribution in [0.2, 0.25) is 0 Å². The summed E-state index contributed by atoms with van der Waals surface area (Å²) < 4.78 is 4.75. The summed E-state index contributed by atoms with van der Waals surface area (Å²) in [5.74, 6) is 0.125. The van der Waals surface area contributed by atoms with Gasteiger partial charge in [0, 0.05) is 18.2 Å². The molecule has 1 heterocycles. The largest absolute Gasteiger partial charge is 0.465 e. The molecule has 0 atom stereocenters. The first kappa shape index (κ1) is 14.8. The Balaban J connectivity index is 2.08. The van der Waals surface area contributed by atoms with Gasteiger partial charge in [-0.25, -0.2) is 9.78 Å². The molecule has 2 N–H and O–H groups in total. The number of pyridine rings is 1. The first-order valence-electron chi connectivity index (χ1n) is 7.09. The maximum absolute atomic E-state index is 11.7. The first-order chi connectivity index (χ1) is 9.71. The van der Waals surface area contributed by atoms with Crippen molar-refractivity contribution in [2.24, 2.45) is 5.41 Å². The lowest BCUT2D eigenvalue weighted by Crippen LogP contribution is -2.36. The van der Waals surface area contributed by atoms with Crippen molar-refractivity contribution in [2.75, 3.05) is 25.6 Å². The van der Waals surface area contributed by atoms with E-state index in [1.54, 1.807) is 18.3 Å². The van der Waals surface area contributed by atoms with Crippen LogP contribution in [-0.2, 0) is 4.74 Å². The highest BCUT2D eigenvalue weighted by Gasteiger charge is 2.31. The lowest BCUT2D eigenvalue weighted by Gasteiger charge is -2.35. The zero-order valence-corrected chi connectivity index (χ0v) is 11.9. The van der Waals surface area contributed by atoms with Gasteiger partial charge < -0.3 is 15.2 Å². The number of ether oxygens (including phenoxy) is 1. The third-order valence-electron chi connectivity index (χ3n) is 4.09. The first-order valence-corrected chi connectivity index (χ1v) is 7.09. The number of nitrogens with zero attached hydrogens (tertiary/aromatic N) is 1. The number of hydrogen-bond donors (Lipinski definition) is 2. The van der Waals surface area contributed by atoms with Gasteiger partial charge >= 0.3 is 5.97 Å². The molecule has 20 heavy (non-hydrogen) atoms. The average Bonchev–Trinajstić information content (AvgIpc) is 2.53. The SMILES string of the molecule is COC(=O)c1cccnc1NCC1(CO)CCCCC1. The van der Waals surface area contributed by atoms with Gasteiger partial charge in [-0.3, -0.25) is 0 Å². The zero-order chi connectivity index (χ0) is 14.4. The van der Waals surface area contributed by atoms with Crippen molar-refractivity contribution in [3.63, 3.8) is 0 Å². The van der Waals surface area contributed by atoms with E-state index < -0.39 is 5.97 Å². The minimum Gasteiger partial charge on any atom is -0.465 e. The quantitative estimate of drug-likeness (QED) is 0.808. The van der Waals surface area contributed by atoms with E-state index in [-0.39, 0.29) is 12.0 Å². The minimum atomic E-state index is -0.401. The van der Waals surface area contributed by atoms with Crippen LogP contribution in [0.4, 0.5) is 5.82 Å². The van der Waals surface area contributed by atoms with Crippen LogP contribution in [0.3, 0.4) is 0 Å². The monoisotopic (exact) mass is 278 g/mol. The van der Waals surface area contributed by atoms with Crippen LogP contribution in [0.25, 0.3) is 0 Å². The second kappa shape index (κ2) is 6.70. The number of hydrogen-bond acceptors (Lipinski definition) is 5. The van der Waals surface area contributed by atoms with Gasteiger partial charge in [0.05, 0.1) is 13.7 Å². The van der Waals surface area contributed by atoms with Crippen LogP contribution in [0.15, 0.2) is 18.3 Å². The fraction of sp³-hybridized carbons (Fsp3) is 0.600. The summed E-state index contributed by atoms with van der Waals surface area (Å²) in [6.07, 6.45) is 7.19. The molecule has 0 spiro atoms. The van der Waals surface area contributed by atoms with E-state index in [1.807, 2.05) is 0 Å². The molecular weight excluding hydrogens is 256 g/mol. The predicted octanol–water partition coefficient (Wildman–Crippen LogP) is 2.22. The maximum atomic E-state index is 11.7. The molecule has 0 aromatic carbocycles. The molecule has 1 aromatic heterocycles. The van der Waals surface area contributed by atoms with E-state index in [0.717, 1.165) is 25.7 Å². The lowest BCUT2D eigenvalue weighted by atomic mass is 9.74. The fourth-order valence-electron chi connectivity index (χ4n) is 2.78. The van der Waals surface area contributed by atoms with E-state index >= 15 is 0 Å². The highest BCUT2D eigenvalue weighted by Crippen LogP contribution is 2.36. The Morgan fingerprint density at radius 2 is 2.20 bits per heavy atom. The minimum absolute atomic E-state index is 0.0941. The van der Waals surface area contributed by atoms with Crippen molar-refractivity contribution < 1.29 is 14.6 Å². The van der Waals surface area contributed by atoms with Crippen LogP contribution in [0.1, 0.15) is 42.5 Å². The highest BCUT2D eigenvalue weighted by atomic mass is 16.5. The number of rotatable bonds is 5. The standard InChI is InChI=1S/C15H22N2O3/c1-20-14(19)12-6-5-9-16-13(12)17-10-15(11-18)7-3-2-4-8-15/h5-6,9,18H,2-4,7-8,10-11H2,1H3,(H,16,17). The van der Waals surface area contributed by atoms with E-state index in [4.69, 9.17) is 4.74 Å². The van der Waals surface area contributed by atoms with Gasteiger partial charge in [-0.15, -0.1) is 0 Å². The van der Waals surface area contributed by atoms with Crippen molar-refractivity contribution >= 4 is 11.8 Å². The topological polar surface area (TPSA) is 71.5 Å². The molecule has 0 aliphatic heterocycles. The van der Waals surface area contributed by atoms with Gasteiger partial charge in [-0.1, -0.05) is 19.3 Å². The second-order valence-corrected chi connectivity index (χ2v) is 5.46. The molecule has 2 rings (SSSR count). The zero-order valence-electron chi connectivity index (χ0n) is 11.9. The number of carbonyl (C=O) groups excluding carboxylic acids is 1. The molecule has 1 aliphatic carbocycles. The predicted molar refractivity (Wildman–Crippen MR) is 76.7 cm³/mol. The molecule has 0 radical (unpaired) electrons. The molecule has 110 valence electrons. The Hall–Kier alpha value is -1.62. The Kier molecular flexibility index (Phi) is 4.95. The molecule has 0 saturated heterocycles. The molecule has 1 fully saturated rings. The average molecular weight is 278 g/mol. The van der Waals surface area contributed by atoms with Gasteiger partial charge in [0.1, 0.15) is 11.4 Å². The number of aliphatic hydroxyl groups is 1. The van der Waals surface area contributed by atoms with E-state index in [2.05, 4.69) is 10.3 Å². The van der Waals surface area contributed by atoms with Crippen LogP contribution in [0, 0.1) is 5.41 Å². The van der Waals surface area contributed by atoms with E-state index in [0.29, 0.717) is 17.9 Å². The summed E-state index contributed by atoms with van der Waals surface area (Å²) >= 11 is 0. The Morgan fingerprint density at radius 1 is 1.45 bits per heavy atom. The fourth-order valence-corrected chi connectivity index (χ4v) is 2.78. The molecule has 0 unspecified atom stereocenters. The Labute approximate surface area is 119 Å². The molecule has 1 aliphatic rings. The maximum Gasteiger partial charge on any atom is 0.341 e. The molecular formula is C15H22N2O3. The summed E-state index contributed by atoms with van der Waals surface area (Å²) in [5.41, 5.74) is 0.335. The van der Waals surface area contributed by atoms with Crippen molar-refractivity contribution in [3.05, 3.63) is 23.9 Å². The summed E-state index contributed by atoms with van der Waals surface area (Å²) in [5, 5.41) is 12.9. The molecule has 0 bridgehead atoms. The van der Waals surface area contributed by atoms with Crippen LogP contribution in [0.5, 0.6) is 0 Å². The lowest BCUT2D eigenvalue weighted by molar-refractivity contribution is 0.0601. The third kappa shape index (κ3) is 3.28. The molecule has 1 saturated carbocycles. The Morgan fingerprint density at radius 3 is 2.85 bits per heavy atom. The molecule has 5 nitrogen and oxygen atoms in total. The molecule has 0 amide bonds. The highest BCUT2D eigenvalue weighted by molar-refractivity contribution is 5.94. The van der Waals surface area contributed by atoms with E-state index in [1.165, 1.54) is 13.5 Å². The third-order valence-corrected chi connectivity index (χ3v) is 4.09. The number of carbonyl (C=O) groups is 1. The smallest absolute Gasteiger partial charge is 0.341 e. The number of esters is 1. The van der Waals surface area contributed by atoms with Gasteiger partial charge in [-0.05, 0) is 25.0 Å². The summed E-state index contributed by atoms with van der Waals surface area (Å²) in [6, 6.07) is 3.40.